The van der Waals surface area contributed by atoms with Crippen molar-refractivity contribution >= 4 is 19.7 Å². The first-order valence-electron chi connectivity index (χ1n) is 4.52. The van der Waals surface area contributed by atoms with Crippen LogP contribution >= 0.6 is 0 Å². The summed E-state index contributed by atoms with van der Waals surface area (Å²) in [6, 6.07) is 6.78. The molecular weight excluding hydrogens is 255 g/mol. The first-order chi connectivity index (χ1) is 7.31. The average molecular weight is 264 g/mol. The van der Waals surface area contributed by atoms with Gasteiger partial charge in [-0.15, -0.1) is 0 Å². The molecule has 1 atom stereocenters. The van der Waals surface area contributed by atoms with Crippen LogP contribution in [0.2, 0.25) is 0 Å². The quantitative estimate of drug-likeness (QED) is 0.796. The summed E-state index contributed by atoms with van der Waals surface area (Å²) in [5, 5.41) is 0. The van der Waals surface area contributed by atoms with E-state index in [-0.39, 0.29) is 4.90 Å². The maximum atomic E-state index is 14.0. The van der Waals surface area contributed by atoms with Crippen molar-refractivity contribution in [3.63, 3.8) is 0 Å². The molecule has 1 aromatic rings. The third-order valence-corrected chi connectivity index (χ3v) is 7.78. The second-order valence-electron chi connectivity index (χ2n) is 3.55. The molecule has 0 spiro atoms. The van der Waals surface area contributed by atoms with E-state index in [2.05, 4.69) is 0 Å². The van der Waals surface area contributed by atoms with Gasteiger partial charge in [-0.2, -0.15) is 0 Å². The van der Waals surface area contributed by atoms with Crippen LogP contribution < -0.4 is 0 Å². The lowest BCUT2D eigenvalue weighted by molar-refractivity contribution is 0.320. The molecule has 1 aromatic carbocycles. The van der Waals surface area contributed by atoms with E-state index >= 15 is 0 Å². The molecule has 0 bridgehead atoms. The zero-order valence-electron chi connectivity index (χ0n) is 8.13. The molecule has 7 heteroatoms. The van der Waals surface area contributed by atoms with Crippen LogP contribution in [-0.4, -0.2) is 26.9 Å². The highest BCUT2D eigenvalue weighted by molar-refractivity contribution is 8.11. The fraction of sp³-hybridized carbons (Fsp3) is 0.333. The van der Waals surface area contributed by atoms with Crippen molar-refractivity contribution in [1.82, 2.24) is 0 Å². The third-order valence-electron chi connectivity index (χ3n) is 2.59. The highest BCUT2D eigenvalue weighted by atomic mass is 32.3. The first kappa shape index (κ1) is 11.5. The Balaban J connectivity index is 2.58. The molecule has 1 heterocycles. The van der Waals surface area contributed by atoms with Crippen molar-refractivity contribution in [3.05, 3.63) is 30.3 Å². The van der Waals surface area contributed by atoms with Gasteiger partial charge in [-0.3, -0.25) is 0 Å². The second kappa shape index (κ2) is 3.27. The van der Waals surface area contributed by atoms with Crippen molar-refractivity contribution in [2.24, 2.45) is 0 Å². The van der Waals surface area contributed by atoms with Gasteiger partial charge in [0.05, 0.1) is 10.6 Å². The Kier molecular flexibility index (Phi) is 2.36. The van der Waals surface area contributed by atoms with Gasteiger partial charge in [-0.05, 0) is 12.1 Å². The largest absolute Gasteiger partial charge is 0.314 e. The molecule has 0 N–H and O–H groups in total. The van der Waals surface area contributed by atoms with Crippen LogP contribution in [0, 0.1) is 0 Å². The van der Waals surface area contributed by atoms with E-state index < -0.39 is 36.2 Å². The molecule has 0 radical (unpaired) electrons. The highest BCUT2D eigenvalue weighted by Gasteiger charge is 2.63. The fourth-order valence-corrected chi connectivity index (χ4v) is 5.63. The van der Waals surface area contributed by atoms with E-state index in [1.165, 1.54) is 24.3 Å². The summed E-state index contributed by atoms with van der Waals surface area (Å²) in [5.41, 5.74) is 0. The summed E-state index contributed by atoms with van der Waals surface area (Å²) >= 11 is 0. The molecule has 0 aromatic heterocycles. The molecule has 16 heavy (non-hydrogen) atoms. The average Bonchev–Trinajstić information content (AvgIpc) is 2.27. The van der Waals surface area contributed by atoms with Crippen LogP contribution in [0.3, 0.4) is 0 Å². The van der Waals surface area contributed by atoms with Crippen molar-refractivity contribution in [1.29, 1.82) is 0 Å². The summed E-state index contributed by atoms with van der Waals surface area (Å²) in [6.07, 6.45) is -0.493. The Labute approximate surface area is 92.9 Å². The third kappa shape index (κ3) is 1.31. The number of hydrogen-bond donors (Lipinski definition) is 0. The van der Waals surface area contributed by atoms with E-state index in [0.29, 0.717) is 0 Å². The molecule has 0 unspecified atom stereocenters. The van der Waals surface area contributed by atoms with Gasteiger partial charge in [0.2, 0.25) is 19.7 Å². The second-order valence-corrected chi connectivity index (χ2v) is 8.21. The van der Waals surface area contributed by atoms with E-state index in [0.717, 1.165) is 0 Å². The zero-order valence-corrected chi connectivity index (χ0v) is 9.76. The number of benzene rings is 1. The van der Waals surface area contributed by atoms with Gasteiger partial charge in [0.15, 0.2) is 0 Å². The van der Waals surface area contributed by atoms with Crippen LogP contribution in [0.5, 0.6) is 0 Å². The lowest BCUT2D eigenvalue weighted by atomic mass is 10.4. The van der Waals surface area contributed by atoms with Gasteiger partial charge in [0.1, 0.15) is 0 Å². The van der Waals surface area contributed by atoms with E-state index in [1.54, 1.807) is 6.07 Å². The van der Waals surface area contributed by atoms with E-state index in [4.69, 9.17) is 0 Å². The lowest BCUT2D eigenvalue weighted by Gasteiger charge is -2.32. The molecule has 2 rings (SSSR count). The zero-order chi connectivity index (χ0) is 12.0. The van der Waals surface area contributed by atoms with Crippen LogP contribution in [0.4, 0.5) is 4.39 Å². The molecule has 0 amide bonds. The molecule has 0 saturated carbocycles. The van der Waals surface area contributed by atoms with Crippen molar-refractivity contribution in [2.75, 3.05) is 5.75 Å². The van der Waals surface area contributed by atoms with Crippen molar-refractivity contribution in [3.8, 4) is 0 Å². The summed E-state index contributed by atoms with van der Waals surface area (Å²) in [5.74, 6) is -0.421. The minimum atomic E-state index is -4.46. The van der Waals surface area contributed by atoms with Crippen molar-refractivity contribution < 1.29 is 21.2 Å². The molecule has 1 fully saturated rings. The van der Waals surface area contributed by atoms with Gasteiger partial charge >= 0.3 is 4.33 Å². The van der Waals surface area contributed by atoms with Crippen molar-refractivity contribution in [2.45, 2.75) is 15.6 Å². The summed E-state index contributed by atoms with van der Waals surface area (Å²) in [4.78, 5) is -0.305. The Bertz CT molecular complexity index is 606. The maximum absolute atomic E-state index is 14.0. The van der Waals surface area contributed by atoms with Gasteiger partial charge in [-0.25, -0.2) is 21.2 Å². The molecule has 1 aliphatic heterocycles. The molecule has 1 saturated heterocycles. The normalized spacial score (nSPS) is 28.3. The highest BCUT2D eigenvalue weighted by Crippen LogP contribution is 2.43. The Morgan fingerprint density at radius 3 is 2.12 bits per heavy atom. The van der Waals surface area contributed by atoms with Crippen LogP contribution in [0.15, 0.2) is 35.2 Å². The Morgan fingerprint density at radius 1 is 1.19 bits per heavy atom. The number of rotatable bonds is 2. The summed E-state index contributed by atoms with van der Waals surface area (Å²) < 4.78 is 56.8. The van der Waals surface area contributed by atoms with Crippen LogP contribution in [0.25, 0.3) is 0 Å². The van der Waals surface area contributed by atoms with Gasteiger partial charge < -0.3 is 0 Å². The minimum absolute atomic E-state index is 0.305. The van der Waals surface area contributed by atoms with Gasteiger partial charge in [-0.1, -0.05) is 18.2 Å². The molecule has 88 valence electrons. The minimum Gasteiger partial charge on any atom is -0.224 e. The first-order valence-corrected chi connectivity index (χ1v) is 7.66. The Morgan fingerprint density at radius 2 is 1.75 bits per heavy atom. The monoisotopic (exact) mass is 264 g/mol. The fourth-order valence-electron chi connectivity index (χ4n) is 1.51. The van der Waals surface area contributed by atoms with Gasteiger partial charge in [0, 0.05) is 6.42 Å². The predicted molar refractivity (Wildman–Crippen MR) is 55.9 cm³/mol. The topological polar surface area (TPSA) is 68.3 Å². The molecular formula is C9H9FO4S2. The number of alkyl halides is 1. The maximum Gasteiger partial charge on any atom is 0.314 e. The van der Waals surface area contributed by atoms with Gasteiger partial charge in [0.25, 0.3) is 0 Å². The lowest BCUT2D eigenvalue weighted by Crippen LogP contribution is -2.53. The smallest absolute Gasteiger partial charge is 0.224 e. The molecule has 4 nitrogen and oxygen atoms in total. The number of halogens is 1. The predicted octanol–water partition coefficient (Wildman–Crippen LogP) is 0.902. The summed E-state index contributed by atoms with van der Waals surface area (Å²) in [7, 11) is -8.65. The van der Waals surface area contributed by atoms with Crippen LogP contribution in [0.1, 0.15) is 6.42 Å². The summed E-state index contributed by atoms with van der Waals surface area (Å²) in [6.45, 7) is 0. The SMILES string of the molecule is O=S1(=O)CC[C@@]1(F)S(=O)(=O)c1ccccc1. The number of hydrogen-bond acceptors (Lipinski definition) is 4. The Hall–Kier alpha value is -0.950. The molecule has 0 aliphatic carbocycles. The van der Waals surface area contributed by atoms with E-state index in [1.807, 2.05) is 0 Å². The number of sulfone groups is 2. The molecule has 1 aliphatic rings. The standard InChI is InChI=1S/C9H9FO4S2/c10-9(6-7-15(9,11)12)16(13,14)8-4-2-1-3-5-8/h1-5H,6-7H2/t9-/m0/s1. The van der Waals surface area contributed by atoms with E-state index in [9.17, 15) is 21.2 Å². The van der Waals surface area contributed by atoms with Crippen LogP contribution in [-0.2, 0) is 19.7 Å².